The van der Waals surface area contributed by atoms with Crippen LogP contribution < -0.4 is 10.2 Å². The fourth-order valence-electron chi connectivity index (χ4n) is 2.51. The van der Waals surface area contributed by atoms with Crippen molar-refractivity contribution in [3.05, 3.63) is 17.8 Å². The number of piperidine rings is 1. The summed E-state index contributed by atoms with van der Waals surface area (Å²) in [6, 6.07) is 4.18. The Morgan fingerprint density at radius 3 is 2.58 bits per heavy atom. The maximum Gasteiger partial charge on any atom is 0.150 e. The number of aromatic nitrogens is 2. The molecule has 1 aromatic heterocycles. The van der Waals surface area contributed by atoms with Gasteiger partial charge in [0.05, 0.1) is 5.69 Å². The maximum atomic E-state index is 4.33. The van der Waals surface area contributed by atoms with Gasteiger partial charge in [0.2, 0.25) is 0 Å². The highest BCUT2D eigenvalue weighted by atomic mass is 15.2. The van der Waals surface area contributed by atoms with E-state index in [2.05, 4.69) is 53.4 Å². The molecule has 1 aromatic rings. The smallest absolute Gasteiger partial charge is 0.150 e. The Balaban J connectivity index is 1.83. The number of rotatable bonds is 5. The third-order valence-electron chi connectivity index (χ3n) is 3.99. The molecule has 4 nitrogen and oxygen atoms in total. The molecule has 0 unspecified atom stereocenters. The van der Waals surface area contributed by atoms with Crippen LogP contribution in [0.15, 0.2) is 12.1 Å². The van der Waals surface area contributed by atoms with Gasteiger partial charge in [0.15, 0.2) is 5.82 Å². The first-order valence-electron chi connectivity index (χ1n) is 7.42. The Morgan fingerprint density at radius 1 is 1.26 bits per heavy atom. The fourth-order valence-corrected chi connectivity index (χ4v) is 2.51. The molecule has 0 aromatic carbocycles. The number of hydrogen-bond donors (Lipinski definition) is 1. The average Bonchev–Trinajstić information content (AvgIpc) is 2.46. The lowest BCUT2D eigenvalue weighted by Crippen LogP contribution is -2.30. The summed E-state index contributed by atoms with van der Waals surface area (Å²) in [6.07, 6.45) is 3.88. The zero-order valence-corrected chi connectivity index (χ0v) is 12.4. The van der Waals surface area contributed by atoms with Crippen LogP contribution in [0.3, 0.4) is 0 Å². The molecule has 0 aliphatic carbocycles. The van der Waals surface area contributed by atoms with Crippen molar-refractivity contribution in [2.45, 2.75) is 39.0 Å². The van der Waals surface area contributed by atoms with Crippen LogP contribution >= 0.6 is 0 Å². The summed E-state index contributed by atoms with van der Waals surface area (Å²) in [5.41, 5.74) is 1.07. The van der Waals surface area contributed by atoms with Crippen LogP contribution in [-0.2, 0) is 0 Å². The third kappa shape index (κ3) is 4.16. The van der Waals surface area contributed by atoms with Crippen LogP contribution in [0, 0.1) is 5.92 Å². The van der Waals surface area contributed by atoms with Crippen LogP contribution in [0.2, 0.25) is 0 Å². The van der Waals surface area contributed by atoms with E-state index in [-0.39, 0.29) is 0 Å². The summed E-state index contributed by atoms with van der Waals surface area (Å²) in [7, 11) is 2.11. The van der Waals surface area contributed by atoms with Gasteiger partial charge in [0.1, 0.15) is 0 Å². The minimum Gasteiger partial charge on any atom is -0.358 e. The SMILES string of the molecule is CC(C)c1ccc(N(C)CCC2CCNCC2)nn1. The zero-order valence-electron chi connectivity index (χ0n) is 12.4. The standard InChI is InChI=1S/C15H26N4/c1-12(2)14-4-5-15(18-17-14)19(3)11-8-13-6-9-16-10-7-13/h4-5,12-13,16H,6-11H2,1-3H3. The van der Waals surface area contributed by atoms with Gasteiger partial charge in [-0.1, -0.05) is 13.8 Å². The normalized spacial score (nSPS) is 16.8. The van der Waals surface area contributed by atoms with Gasteiger partial charge in [-0.25, -0.2) is 0 Å². The van der Waals surface area contributed by atoms with E-state index in [9.17, 15) is 0 Å². The van der Waals surface area contributed by atoms with Gasteiger partial charge in [0.25, 0.3) is 0 Å². The van der Waals surface area contributed by atoms with Crippen LogP contribution in [0.25, 0.3) is 0 Å². The first-order chi connectivity index (χ1) is 9.16. The second kappa shape index (κ2) is 6.85. The van der Waals surface area contributed by atoms with Gasteiger partial charge in [-0.15, -0.1) is 5.10 Å². The van der Waals surface area contributed by atoms with E-state index < -0.39 is 0 Å². The molecule has 106 valence electrons. The minimum absolute atomic E-state index is 0.446. The molecular formula is C15H26N4. The maximum absolute atomic E-state index is 4.33. The Bertz CT molecular complexity index is 368. The second-order valence-electron chi connectivity index (χ2n) is 5.87. The predicted octanol–water partition coefficient (Wildman–Crippen LogP) is 2.43. The molecular weight excluding hydrogens is 236 g/mol. The first-order valence-corrected chi connectivity index (χ1v) is 7.42. The quantitative estimate of drug-likeness (QED) is 0.885. The predicted molar refractivity (Wildman–Crippen MR) is 79.6 cm³/mol. The Kier molecular flexibility index (Phi) is 5.14. The summed E-state index contributed by atoms with van der Waals surface area (Å²) < 4.78 is 0. The lowest BCUT2D eigenvalue weighted by molar-refractivity contribution is 0.356. The van der Waals surface area contributed by atoms with Gasteiger partial charge >= 0.3 is 0 Å². The lowest BCUT2D eigenvalue weighted by Gasteiger charge is -2.25. The van der Waals surface area contributed by atoms with Crippen molar-refractivity contribution in [1.82, 2.24) is 15.5 Å². The van der Waals surface area contributed by atoms with E-state index in [1.54, 1.807) is 0 Å². The topological polar surface area (TPSA) is 41.0 Å². The molecule has 0 saturated carbocycles. The number of nitrogens with zero attached hydrogens (tertiary/aromatic N) is 3. The van der Waals surface area contributed by atoms with Crippen molar-refractivity contribution in [2.24, 2.45) is 5.92 Å². The molecule has 1 N–H and O–H groups in total. The fraction of sp³-hybridized carbons (Fsp3) is 0.733. The van der Waals surface area contributed by atoms with Gasteiger partial charge in [-0.05, 0) is 56.3 Å². The monoisotopic (exact) mass is 262 g/mol. The molecule has 0 atom stereocenters. The van der Waals surface area contributed by atoms with E-state index >= 15 is 0 Å². The van der Waals surface area contributed by atoms with Crippen molar-refractivity contribution in [3.8, 4) is 0 Å². The summed E-state index contributed by atoms with van der Waals surface area (Å²) in [4.78, 5) is 2.22. The highest BCUT2D eigenvalue weighted by Crippen LogP contribution is 2.18. The number of anilines is 1. The molecule has 1 saturated heterocycles. The Labute approximate surface area is 116 Å². The molecule has 19 heavy (non-hydrogen) atoms. The van der Waals surface area contributed by atoms with Gasteiger partial charge in [-0.2, -0.15) is 5.10 Å². The minimum atomic E-state index is 0.446. The van der Waals surface area contributed by atoms with Crippen LogP contribution in [0.4, 0.5) is 5.82 Å². The van der Waals surface area contributed by atoms with Crippen molar-refractivity contribution in [2.75, 3.05) is 31.6 Å². The van der Waals surface area contributed by atoms with Gasteiger partial charge < -0.3 is 10.2 Å². The van der Waals surface area contributed by atoms with E-state index in [1.165, 1.54) is 32.4 Å². The molecule has 1 aliphatic heterocycles. The molecule has 4 heteroatoms. The molecule has 1 aliphatic rings. The van der Waals surface area contributed by atoms with Gasteiger partial charge in [-0.3, -0.25) is 0 Å². The molecule has 2 heterocycles. The van der Waals surface area contributed by atoms with Crippen molar-refractivity contribution < 1.29 is 0 Å². The van der Waals surface area contributed by atoms with Gasteiger partial charge in [0, 0.05) is 13.6 Å². The molecule has 0 amide bonds. The summed E-state index contributed by atoms with van der Waals surface area (Å²) >= 11 is 0. The molecule has 0 radical (unpaired) electrons. The van der Waals surface area contributed by atoms with E-state index in [1.807, 2.05) is 0 Å². The molecule has 1 fully saturated rings. The highest BCUT2D eigenvalue weighted by molar-refractivity contribution is 5.36. The van der Waals surface area contributed by atoms with Crippen molar-refractivity contribution in [3.63, 3.8) is 0 Å². The van der Waals surface area contributed by atoms with Crippen molar-refractivity contribution >= 4 is 5.82 Å². The average molecular weight is 262 g/mol. The summed E-state index contributed by atoms with van der Waals surface area (Å²) in [5, 5.41) is 12.0. The zero-order chi connectivity index (χ0) is 13.7. The summed E-state index contributed by atoms with van der Waals surface area (Å²) in [5.74, 6) is 2.30. The Morgan fingerprint density at radius 2 is 2.00 bits per heavy atom. The molecule has 0 spiro atoms. The largest absolute Gasteiger partial charge is 0.358 e. The highest BCUT2D eigenvalue weighted by Gasteiger charge is 2.14. The van der Waals surface area contributed by atoms with Crippen LogP contribution in [0.1, 0.15) is 44.7 Å². The molecule has 2 rings (SSSR count). The Hall–Kier alpha value is -1.16. The summed E-state index contributed by atoms with van der Waals surface area (Å²) in [6.45, 7) is 7.71. The number of hydrogen-bond acceptors (Lipinski definition) is 4. The third-order valence-corrected chi connectivity index (χ3v) is 3.99. The molecule has 0 bridgehead atoms. The van der Waals surface area contributed by atoms with E-state index in [0.29, 0.717) is 5.92 Å². The van der Waals surface area contributed by atoms with Crippen LogP contribution in [-0.4, -0.2) is 36.9 Å². The number of nitrogens with one attached hydrogen (secondary N) is 1. The first kappa shape index (κ1) is 14.3. The van der Waals surface area contributed by atoms with E-state index in [4.69, 9.17) is 0 Å². The van der Waals surface area contributed by atoms with E-state index in [0.717, 1.165) is 24.0 Å². The van der Waals surface area contributed by atoms with Crippen molar-refractivity contribution in [1.29, 1.82) is 0 Å². The lowest BCUT2D eigenvalue weighted by atomic mass is 9.94. The second-order valence-corrected chi connectivity index (χ2v) is 5.87. The van der Waals surface area contributed by atoms with Crippen LogP contribution in [0.5, 0.6) is 0 Å².